The summed E-state index contributed by atoms with van der Waals surface area (Å²) in [6.07, 6.45) is 2.02. The predicted molar refractivity (Wildman–Crippen MR) is 143 cm³/mol. The Morgan fingerprint density at radius 2 is 1.68 bits per heavy atom. The highest BCUT2D eigenvalue weighted by atomic mass is 32.2. The Bertz CT molecular complexity index is 1060. The number of carbonyl (C=O) groups is 2. The molecule has 0 atom stereocenters. The lowest BCUT2D eigenvalue weighted by Crippen LogP contribution is -2.45. The number of nitrogens with one attached hydrogen (secondary N) is 1. The first-order valence-corrected chi connectivity index (χ1v) is 13.5. The van der Waals surface area contributed by atoms with Gasteiger partial charge < -0.3 is 15.1 Å². The summed E-state index contributed by atoms with van der Waals surface area (Å²) in [5.41, 5.74) is 2.97. The number of anilines is 1. The molecule has 0 radical (unpaired) electrons. The van der Waals surface area contributed by atoms with Crippen LogP contribution in [0.5, 0.6) is 0 Å². The van der Waals surface area contributed by atoms with E-state index in [1.807, 2.05) is 65.8 Å². The number of rotatable bonds is 10. The van der Waals surface area contributed by atoms with E-state index in [2.05, 4.69) is 37.5 Å². The maximum atomic E-state index is 13.5. The third-order valence-electron chi connectivity index (χ3n) is 5.41. The Kier molecular flexibility index (Phi) is 9.60. The van der Waals surface area contributed by atoms with Crippen LogP contribution in [0.3, 0.4) is 0 Å². The van der Waals surface area contributed by atoms with Crippen molar-refractivity contribution < 1.29 is 9.59 Å². The zero-order valence-electron chi connectivity index (χ0n) is 20.3. The molecule has 3 rings (SSSR count). The van der Waals surface area contributed by atoms with E-state index in [0.29, 0.717) is 19.6 Å². The van der Waals surface area contributed by atoms with Crippen LogP contribution in [-0.2, 0) is 17.9 Å². The number of nitrogens with zero attached hydrogens (tertiary/aromatic N) is 2. The summed E-state index contributed by atoms with van der Waals surface area (Å²) in [5.74, 6) is 0.171. The number of aryl methyl sites for hydroxylation is 1. The number of thiophene rings is 1. The van der Waals surface area contributed by atoms with Gasteiger partial charge in [-0.15, -0.1) is 23.1 Å². The van der Waals surface area contributed by atoms with E-state index in [-0.39, 0.29) is 24.4 Å². The van der Waals surface area contributed by atoms with Gasteiger partial charge in [-0.25, -0.2) is 4.79 Å². The van der Waals surface area contributed by atoms with Crippen LogP contribution in [0.1, 0.15) is 29.9 Å². The van der Waals surface area contributed by atoms with E-state index < -0.39 is 0 Å². The topological polar surface area (TPSA) is 52.7 Å². The minimum Gasteiger partial charge on any atom is -0.332 e. The largest absolute Gasteiger partial charge is 0.332 e. The molecule has 0 aliphatic heterocycles. The highest BCUT2D eigenvalue weighted by molar-refractivity contribution is 7.98. The molecule has 0 aliphatic carbocycles. The SMILES string of the molecule is CSc1ccc(NC(=O)N(CC(=O)N(Cc2ccccc2)Cc2sccc2C)CC(C)C)cc1. The molecule has 0 aliphatic rings. The van der Waals surface area contributed by atoms with Crippen molar-refractivity contribution in [2.45, 2.75) is 38.8 Å². The van der Waals surface area contributed by atoms with Crippen molar-refractivity contribution in [3.8, 4) is 0 Å². The zero-order chi connectivity index (χ0) is 24.5. The molecule has 1 aromatic heterocycles. The van der Waals surface area contributed by atoms with Crippen molar-refractivity contribution in [1.82, 2.24) is 9.80 Å². The van der Waals surface area contributed by atoms with Gasteiger partial charge >= 0.3 is 6.03 Å². The molecule has 5 nitrogen and oxygen atoms in total. The van der Waals surface area contributed by atoms with Crippen molar-refractivity contribution in [3.05, 3.63) is 82.0 Å². The number of thioether (sulfide) groups is 1. The molecule has 2 aromatic carbocycles. The fourth-order valence-electron chi connectivity index (χ4n) is 3.58. The third-order valence-corrected chi connectivity index (χ3v) is 7.16. The molecular weight excluding hydrogens is 462 g/mol. The van der Waals surface area contributed by atoms with E-state index in [1.165, 1.54) is 5.56 Å². The van der Waals surface area contributed by atoms with Gasteiger partial charge in [0.2, 0.25) is 5.91 Å². The van der Waals surface area contributed by atoms with Gasteiger partial charge in [-0.1, -0.05) is 44.2 Å². The highest BCUT2D eigenvalue weighted by Crippen LogP contribution is 2.21. The maximum absolute atomic E-state index is 13.5. The van der Waals surface area contributed by atoms with E-state index in [1.54, 1.807) is 28.0 Å². The van der Waals surface area contributed by atoms with Gasteiger partial charge in [-0.2, -0.15) is 0 Å². The minimum atomic E-state index is -0.258. The molecule has 180 valence electrons. The van der Waals surface area contributed by atoms with Gasteiger partial charge in [0.25, 0.3) is 0 Å². The first-order chi connectivity index (χ1) is 16.4. The van der Waals surface area contributed by atoms with Crippen LogP contribution in [0.4, 0.5) is 10.5 Å². The summed E-state index contributed by atoms with van der Waals surface area (Å²) in [7, 11) is 0. The lowest BCUT2D eigenvalue weighted by atomic mass is 10.2. The molecule has 1 N–H and O–H groups in total. The standard InChI is InChI=1S/C27H33N3O2S2/c1-20(2)16-30(27(32)28-23-10-12-24(33-4)13-11-23)19-26(31)29(17-22-8-6-5-7-9-22)18-25-21(3)14-15-34-25/h5-15,20H,16-19H2,1-4H3,(H,28,32). The normalized spacial score (nSPS) is 10.9. The van der Waals surface area contributed by atoms with Gasteiger partial charge in [0, 0.05) is 28.5 Å². The van der Waals surface area contributed by atoms with Crippen LogP contribution in [0.25, 0.3) is 0 Å². The summed E-state index contributed by atoms with van der Waals surface area (Å²) < 4.78 is 0. The van der Waals surface area contributed by atoms with E-state index >= 15 is 0 Å². The average molecular weight is 496 g/mol. The first kappa shape index (κ1) is 25.8. The van der Waals surface area contributed by atoms with Crippen molar-refractivity contribution in [2.75, 3.05) is 24.7 Å². The molecule has 0 saturated heterocycles. The predicted octanol–water partition coefficient (Wildman–Crippen LogP) is 6.50. The number of amides is 3. The van der Waals surface area contributed by atoms with Crippen LogP contribution >= 0.6 is 23.1 Å². The molecule has 0 fully saturated rings. The Labute approximate surface area is 211 Å². The average Bonchev–Trinajstić information content (AvgIpc) is 3.23. The second-order valence-corrected chi connectivity index (χ2v) is 10.6. The fourth-order valence-corrected chi connectivity index (χ4v) is 4.90. The van der Waals surface area contributed by atoms with Crippen LogP contribution in [0.15, 0.2) is 70.9 Å². The van der Waals surface area contributed by atoms with Gasteiger partial charge in [-0.3, -0.25) is 4.79 Å². The smallest absolute Gasteiger partial charge is 0.322 e. The number of hydrogen-bond acceptors (Lipinski definition) is 4. The molecule has 0 unspecified atom stereocenters. The van der Waals surface area contributed by atoms with Gasteiger partial charge in [0.15, 0.2) is 0 Å². The Morgan fingerprint density at radius 3 is 2.26 bits per heavy atom. The summed E-state index contributed by atoms with van der Waals surface area (Å²) in [5, 5.41) is 5.01. The van der Waals surface area contributed by atoms with Crippen molar-refractivity contribution in [3.63, 3.8) is 0 Å². The number of benzene rings is 2. The summed E-state index contributed by atoms with van der Waals surface area (Å²) in [6.45, 7) is 7.73. The Hall–Kier alpha value is -2.77. The molecule has 1 heterocycles. The first-order valence-electron chi connectivity index (χ1n) is 11.4. The number of urea groups is 1. The molecule has 0 spiro atoms. The second-order valence-electron chi connectivity index (χ2n) is 8.70. The molecule has 0 bridgehead atoms. The summed E-state index contributed by atoms with van der Waals surface area (Å²) in [6, 6.07) is 19.5. The molecule has 34 heavy (non-hydrogen) atoms. The van der Waals surface area contributed by atoms with Crippen molar-refractivity contribution in [2.24, 2.45) is 5.92 Å². The van der Waals surface area contributed by atoms with E-state index in [9.17, 15) is 9.59 Å². The molecule has 3 aromatic rings. The highest BCUT2D eigenvalue weighted by Gasteiger charge is 2.23. The van der Waals surface area contributed by atoms with Crippen molar-refractivity contribution >= 4 is 40.7 Å². The number of carbonyl (C=O) groups excluding carboxylic acids is 2. The maximum Gasteiger partial charge on any atom is 0.322 e. The molecule has 0 saturated carbocycles. The van der Waals surface area contributed by atoms with Crippen molar-refractivity contribution in [1.29, 1.82) is 0 Å². The third kappa shape index (κ3) is 7.64. The summed E-state index contributed by atoms with van der Waals surface area (Å²) >= 11 is 3.31. The molecular formula is C27H33N3O2S2. The lowest BCUT2D eigenvalue weighted by Gasteiger charge is -2.29. The quantitative estimate of drug-likeness (QED) is 0.327. The lowest BCUT2D eigenvalue weighted by molar-refractivity contribution is -0.133. The van der Waals surface area contributed by atoms with E-state index in [4.69, 9.17) is 0 Å². The molecule has 7 heteroatoms. The van der Waals surface area contributed by atoms with Crippen LogP contribution in [0.2, 0.25) is 0 Å². The van der Waals surface area contributed by atoms with E-state index in [0.717, 1.165) is 21.0 Å². The molecule has 3 amide bonds. The number of hydrogen-bond donors (Lipinski definition) is 1. The monoisotopic (exact) mass is 495 g/mol. The van der Waals surface area contributed by atoms with Gasteiger partial charge in [0.05, 0.1) is 6.54 Å². The van der Waals surface area contributed by atoms with Gasteiger partial charge in [-0.05, 0) is 65.9 Å². The van der Waals surface area contributed by atoms with Gasteiger partial charge in [0.1, 0.15) is 6.54 Å². The van der Waals surface area contributed by atoms with Crippen LogP contribution in [0, 0.1) is 12.8 Å². The Morgan fingerprint density at radius 1 is 0.971 bits per heavy atom. The second kappa shape index (κ2) is 12.6. The zero-order valence-corrected chi connectivity index (χ0v) is 21.9. The fraction of sp³-hybridized carbons (Fsp3) is 0.333. The van der Waals surface area contributed by atoms with Crippen LogP contribution < -0.4 is 5.32 Å². The summed E-state index contributed by atoms with van der Waals surface area (Å²) in [4.78, 5) is 32.4. The van der Waals surface area contributed by atoms with Crippen LogP contribution in [-0.4, -0.2) is 41.1 Å². The minimum absolute atomic E-state index is 0.0319. The Balaban J connectivity index is 1.76.